The first-order chi connectivity index (χ1) is 13.2. The molecule has 0 aromatic heterocycles. The van der Waals surface area contributed by atoms with E-state index in [1.165, 1.54) is 0 Å². The molecule has 1 saturated heterocycles. The standard InChI is InChI=1S/C22H27NO4/c1-25-18-11-10-16(21(13-18)27-3)14-23-12-6-7-17(15-23)22(24)19-8-4-5-9-20(19)26-2/h4-5,8-11,13,17H,6-7,12,14-15H2,1-3H3/t17-/m1/s1. The summed E-state index contributed by atoms with van der Waals surface area (Å²) in [6, 6.07) is 13.3. The van der Waals surface area contributed by atoms with Crippen molar-refractivity contribution in [3.05, 3.63) is 53.6 Å². The van der Waals surface area contributed by atoms with Gasteiger partial charge in [0.2, 0.25) is 0 Å². The zero-order valence-corrected chi connectivity index (χ0v) is 16.2. The highest BCUT2D eigenvalue weighted by Crippen LogP contribution is 2.29. The highest BCUT2D eigenvalue weighted by Gasteiger charge is 2.28. The van der Waals surface area contributed by atoms with E-state index in [4.69, 9.17) is 14.2 Å². The fourth-order valence-corrected chi connectivity index (χ4v) is 3.70. The lowest BCUT2D eigenvalue weighted by Crippen LogP contribution is -2.38. The van der Waals surface area contributed by atoms with Crippen LogP contribution in [0.5, 0.6) is 17.2 Å². The molecule has 0 N–H and O–H groups in total. The number of carbonyl (C=O) groups excluding carboxylic acids is 1. The number of hydrogen-bond acceptors (Lipinski definition) is 5. The summed E-state index contributed by atoms with van der Waals surface area (Å²) < 4.78 is 16.2. The first-order valence-corrected chi connectivity index (χ1v) is 9.26. The maximum Gasteiger partial charge on any atom is 0.170 e. The van der Waals surface area contributed by atoms with Crippen LogP contribution in [0, 0.1) is 5.92 Å². The van der Waals surface area contributed by atoms with E-state index in [1.54, 1.807) is 21.3 Å². The van der Waals surface area contributed by atoms with Gasteiger partial charge in [-0.05, 0) is 37.6 Å². The van der Waals surface area contributed by atoms with Crippen LogP contribution >= 0.6 is 0 Å². The Morgan fingerprint density at radius 3 is 2.56 bits per heavy atom. The summed E-state index contributed by atoms with van der Waals surface area (Å²) in [5, 5.41) is 0. The number of methoxy groups -OCH3 is 3. The van der Waals surface area contributed by atoms with Crippen molar-refractivity contribution < 1.29 is 19.0 Å². The number of ketones is 1. The van der Waals surface area contributed by atoms with Crippen LogP contribution in [0.25, 0.3) is 0 Å². The highest BCUT2D eigenvalue weighted by atomic mass is 16.5. The van der Waals surface area contributed by atoms with Gasteiger partial charge in [0.25, 0.3) is 0 Å². The molecular formula is C22H27NO4. The van der Waals surface area contributed by atoms with E-state index in [-0.39, 0.29) is 11.7 Å². The number of Topliss-reactive ketones (excluding diaryl/α,β-unsaturated/α-hetero) is 1. The Morgan fingerprint density at radius 1 is 1.04 bits per heavy atom. The van der Waals surface area contributed by atoms with Crippen LogP contribution in [-0.4, -0.2) is 45.1 Å². The van der Waals surface area contributed by atoms with Crippen molar-refractivity contribution >= 4 is 5.78 Å². The fraction of sp³-hybridized carbons (Fsp3) is 0.409. The Labute approximate surface area is 160 Å². The molecule has 0 saturated carbocycles. The summed E-state index contributed by atoms with van der Waals surface area (Å²) in [5.41, 5.74) is 1.78. The molecule has 0 bridgehead atoms. The van der Waals surface area contributed by atoms with Gasteiger partial charge >= 0.3 is 0 Å². The van der Waals surface area contributed by atoms with Gasteiger partial charge < -0.3 is 14.2 Å². The minimum atomic E-state index is -0.0145. The largest absolute Gasteiger partial charge is 0.497 e. The Morgan fingerprint density at radius 2 is 1.81 bits per heavy atom. The fourth-order valence-electron chi connectivity index (χ4n) is 3.70. The molecule has 5 nitrogen and oxygen atoms in total. The van der Waals surface area contributed by atoms with E-state index >= 15 is 0 Å². The zero-order valence-electron chi connectivity index (χ0n) is 16.2. The summed E-state index contributed by atoms with van der Waals surface area (Å²) in [4.78, 5) is 15.4. The molecule has 0 amide bonds. The van der Waals surface area contributed by atoms with E-state index in [2.05, 4.69) is 4.90 Å². The van der Waals surface area contributed by atoms with Crippen LogP contribution in [0.3, 0.4) is 0 Å². The minimum Gasteiger partial charge on any atom is -0.497 e. The lowest BCUT2D eigenvalue weighted by atomic mass is 9.89. The maximum atomic E-state index is 13.0. The zero-order chi connectivity index (χ0) is 19.2. The predicted octanol–water partition coefficient (Wildman–Crippen LogP) is 3.81. The van der Waals surface area contributed by atoms with Gasteiger partial charge in [-0.1, -0.05) is 18.2 Å². The number of benzene rings is 2. The normalized spacial score (nSPS) is 17.4. The number of hydrogen-bond donors (Lipinski definition) is 0. The van der Waals surface area contributed by atoms with E-state index in [9.17, 15) is 4.79 Å². The molecule has 2 aromatic rings. The molecule has 144 valence electrons. The van der Waals surface area contributed by atoms with Gasteiger partial charge in [-0.3, -0.25) is 9.69 Å². The number of likely N-dealkylation sites (tertiary alicyclic amines) is 1. The van der Waals surface area contributed by atoms with Crippen LogP contribution in [-0.2, 0) is 6.54 Å². The smallest absolute Gasteiger partial charge is 0.170 e. The molecule has 0 spiro atoms. The third-order valence-corrected chi connectivity index (χ3v) is 5.14. The second-order valence-corrected chi connectivity index (χ2v) is 6.82. The second-order valence-electron chi connectivity index (χ2n) is 6.82. The molecule has 1 fully saturated rings. The molecule has 5 heteroatoms. The molecular weight excluding hydrogens is 342 g/mol. The average Bonchev–Trinajstić information content (AvgIpc) is 2.73. The average molecular weight is 369 g/mol. The van der Waals surface area contributed by atoms with Crippen molar-refractivity contribution in [1.82, 2.24) is 4.90 Å². The van der Waals surface area contributed by atoms with Crippen molar-refractivity contribution in [2.24, 2.45) is 5.92 Å². The van der Waals surface area contributed by atoms with E-state index < -0.39 is 0 Å². The quantitative estimate of drug-likeness (QED) is 0.695. The first kappa shape index (κ1) is 19.2. The molecule has 0 unspecified atom stereocenters. The number of carbonyl (C=O) groups is 1. The monoisotopic (exact) mass is 369 g/mol. The minimum absolute atomic E-state index is 0.0145. The highest BCUT2D eigenvalue weighted by molar-refractivity contribution is 6.00. The Kier molecular flexibility index (Phi) is 6.35. The van der Waals surface area contributed by atoms with Gasteiger partial charge in [0, 0.05) is 30.6 Å². The first-order valence-electron chi connectivity index (χ1n) is 9.26. The summed E-state index contributed by atoms with van der Waals surface area (Å²) >= 11 is 0. The lowest BCUT2D eigenvalue weighted by molar-refractivity contribution is 0.0807. The maximum absolute atomic E-state index is 13.0. The van der Waals surface area contributed by atoms with E-state index in [1.807, 2.05) is 42.5 Å². The molecule has 2 aromatic carbocycles. The van der Waals surface area contributed by atoms with Crippen molar-refractivity contribution in [3.63, 3.8) is 0 Å². The second kappa shape index (κ2) is 8.91. The van der Waals surface area contributed by atoms with Crippen molar-refractivity contribution in [2.75, 3.05) is 34.4 Å². The molecule has 0 aliphatic carbocycles. The third-order valence-electron chi connectivity index (χ3n) is 5.14. The SMILES string of the molecule is COc1ccc(CN2CCC[C@@H](C(=O)c3ccccc3OC)C2)c(OC)c1. The Hall–Kier alpha value is -2.53. The Balaban J connectivity index is 1.72. The van der Waals surface area contributed by atoms with Crippen LogP contribution in [0.15, 0.2) is 42.5 Å². The van der Waals surface area contributed by atoms with Gasteiger partial charge in [-0.2, -0.15) is 0 Å². The molecule has 27 heavy (non-hydrogen) atoms. The van der Waals surface area contributed by atoms with Crippen molar-refractivity contribution in [2.45, 2.75) is 19.4 Å². The summed E-state index contributed by atoms with van der Waals surface area (Å²) in [6.45, 7) is 2.47. The topological polar surface area (TPSA) is 48.0 Å². The predicted molar refractivity (Wildman–Crippen MR) is 105 cm³/mol. The number of rotatable bonds is 7. The lowest BCUT2D eigenvalue weighted by Gasteiger charge is -2.32. The summed E-state index contributed by atoms with van der Waals surface area (Å²) in [7, 11) is 4.92. The molecule has 1 atom stereocenters. The molecule has 3 rings (SSSR count). The van der Waals surface area contributed by atoms with Crippen molar-refractivity contribution in [1.29, 1.82) is 0 Å². The third kappa shape index (κ3) is 4.42. The number of para-hydroxylation sites is 1. The number of piperidine rings is 1. The van der Waals surface area contributed by atoms with Crippen molar-refractivity contribution in [3.8, 4) is 17.2 Å². The van der Waals surface area contributed by atoms with Gasteiger partial charge in [-0.15, -0.1) is 0 Å². The van der Waals surface area contributed by atoms with Gasteiger partial charge in [-0.25, -0.2) is 0 Å². The number of nitrogens with zero attached hydrogens (tertiary/aromatic N) is 1. The Bertz CT molecular complexity index is 790. The number of ether oxygens (including phenoxy) is 3. The van der Waals surface area contributed by atoms with Crippen LogP contribution in [0.2, 0.25) is 0 Å². The van der Waals surface area contributed by atoms with Crippen LogP contribution in [0.4, 0.5) is 0 Å². The summed E-state index contributed by atoms with van der Waals surface area (Å²) in [6.07, 6.45) is 1.91. The molecule has 1 aliphatic heterocycles. The summed E-state index contributed by atoms with van der Waals surface area (Å²) in [5.74, 6) is 2.39. The van der Waals surface area contributed by atoms with Gasteiger partial charge in [0.1, 0.15) is 17.2 Å². The molecule has 0 radical (unpaired) electrons. The van der Waals surface area contributed by atoms with Gasteiger partial charge in [0.05, 0.1) is 26.9 Å². The molecule has 1 aliphatic rings. The van der Waals surface area contributed by atoms with Crippen LogP contribution in [0.1, 0.15) is 28.8 Å². The molecule has 1 heterocycles. The van der Waals surface area contributed by atoms with Crippen LogP contribution < -0.4 is 14.2 Å². The van der Waals surface area contributed by atoms with E-state index in [0.29, 0.717) is 11.3 Å². The van der Waals surface area contributed by atoms with Gasteiger partial charge in [0.15, 0.2) is 5.78 Å². The van der Waals surface area contributed by atoms with E-state index in [0.717, 1.165) is 49.5 Å².